The maximum absolute atomic E-state index is 13.1. The summed E-state index contributed by atoms with van der Waals surface area (Å²) in [4.78, 5) is 22.7. The van der Waals surface area contributed by atoms with Crippen LogP contribution in [0.2, 0.25) is 0 Å². The van der Waals surface area contributed by atoms with E-state index in [2.05, 4.69) is 33.4 Å². The first-order chi connectivity index (χ1) is 17.2. The van der Waals surface area contributed by atoms with E-state index < -0.39 is 10.2 Å². The summed E-state index contributed by atoms with van der Waals surface area (Å²) in [7, 11) is -3.74. The molecule has 3 heterocycles. The second-order valence-corrected chi connectivity index (χ2v) is 10.7. The van der Waals surface area contributed by atoms with Crippen LogP contribution in [0.4, 0.5) is 5.69 Å². The maximum atomic E-state index is 13.1. The van der Waals surface area contributed by atoms with E-state index in [1.165, 1.54) is 4.31 Å². The number of fused-ring (bicyclic) bond motifs is 1. The number of piperazine rings is 1. The number of nitrogens with zero attached hydrogens (tertiary/aromatic N) is 5. The normalized spacial score (nSPS) is 16.4. The van der Waals surface area contributed by atoms with Gasteiger partial charge in [-0.25, -0.2) is 9.50 Å². The number of aromatic amines is 1. The molecule has 3 aromatic rings. The molecule has 4 rings (SSSR count). The van der Waals surface area contributed by atoms with Crippen LogP contribution < -0.4 is 15.0 Å². The number of benzene rings is 1. The van der Waals surface area contributed by atoms with E-state index in [-0.39, 0.29) is 17.3 Å². The van der Waals surface area contributed by atoms with Crippen LogP contribution >= 0.6 is 0 Å². The Morgan fingerprint density at radius 2 is 1.89 bits per heavy atom. The molecular weight excluding hydrogens is 482 g/mol. The molecule has 1 aliphatic rings. The molecule has 0 amide bonds. The Bertz CT molecular complexity index is 1390. The van der Waals surface area contributed by atoms with Crippen molar-refractivity contribution in [2.75, 3.05) is 44.1 Å². The Morgan fingerprint density at radius 3 is 2.53 bits per heavy atom. The molecule has 2 N–H and O–H groups in total. The molecule has 0 saturated carbocycles. The highest BCUT2D eigenvalue weighted by Crippen LogP contribution is 2.31. The Balaban J connectivity index is 1.74. The SMILES string of the molecule is CCOc1ccc(NS(=O)(=O)N2CCN(CC)CC2)cc1-c1nn2c(C(C)CC)nc(C)c2c(=O)[nH]1. The Kier molecular flexibility index (Phi) is 7.67. The third-order valence-electron chi connectivity index (χ3n) is 6.65. The third-order valence-corrected chi connectivity index (χ3v) is 8.19. The van der Waals surface area contributed by atoms with Gasteiger partial charge < -0.3 is 14.6 Å². The smallest absolute Gasteiger partial charge is 0.301 e. The summed E-state index contributed by atoms with van der Waals surface area (Å²) in [5.74, 6) is 1.57. The topological polar surface area (TPSA) is 125 Å². The summed E-state index contributed by atoms with van der Waals surface area (Å²) in [5.41, 5.74) is 1.53. The number of nitrogens with one attached hydrogen (secondary N) is 2. The molecule has 1 fully saturated rings. The molecule has 1 unspecified atom stereocenters. The minimum absolute atomic E-state index is 0.103. The summed E-state index contributed by atoms with van der Waals surface area (Å²) < 4.78 is 37.7. The summed E-state index contributed by atoms with van der Waals surface area (Å²) in [6.45, 7) is 13.3. The molecule has 1 saturated heterocycles. The van der Waals surface area contributed by atoms with Gasteiger partial charge in [-0.1, -0.05) is 20.8 Å². The Labute approximate surface area is 211 Å². The number of aromatic nitrogens is 4. The van der Waals surface area contributed by atoms with Crippen LogP contribution in [0.15, 0.2) is 23.0 Å². The van der Waals surface area contributed by atoms with Crippen molar-refractivity contribution in [3.05, 3.63) is 40.1 Å². The highest BCUT2D eigenvalue weighted by Gasteiger charge is 2.27. The molecule has 0 bridgehead atoms. The van der Waals surface area contributed by atoms with Crippen LogP contribution in [0, 0.1) is 6.92 Å². The largest absolute Gasteiger partial charge is 0.493 e. The number of hydrogen-bond donors (Lipinski definition) is 2. The van der Waals surface area contributed by atoms with Crippen LogP contribution in [-0.2, 0) is 10.2 Å². The van der Waals surface area contributed by atoms with Gasteiger partial charge in [0, 0.05) is 32.1 Å². The van der Waals surface area contributed by atoms with Gasteiger partial charge in [0.1, 0.15) is 11.6 Å². The van der Waals surface area contributed by atoms with Gasteiger partial charge >= 0.3 is 10.2 Å². The first kappa shape index (κ1) is 26.1. The number of ether oxygens (including phenoxy) is 1. The van der Waals surface area contributed by atoms with Crippen LogP contribution in [0.3, 0.4) is 0 Å². The predicted molar refractivity (Wildman–Crippen MR) is 140 cm³/mol. The molecule has 0 radical (unpaired) electrons. The molecule has 1 atom stereocenters. The average molecular weight is 518 g/mol. The average Bonchev–Trinajstić information content (AvgIpc) is 3.21. The summed E-state index contributed by atoms with van der Waals surface area (Å²) in [6.07, 6.45) is 0.844. The first-order valence-corrected chi connectivity index (χ1v) is 13.9. The molecule has 0 aliphatic carbocycles. The van der Waals surface area contributed by atoms with E-state index in [1.807, 2.05) is 13.8 Å². The highest BCUT2D eigenvalue weighted by atomic mass is 32.2. The number of aryl methyl sites for hydroxylation is 1. The molecule has 36 heavy (non-hydrogen) atoms. The van der Waals surface area contributed by atoms with Gasteiger partial charge in [0.25, 0.3) is 5.56 Å². The zero-order valence-electron chi connectivity index (χ0n) is 21.5. The molecular formula is C24H35N7O4S. The fourth-order valence-electron chi connectivity index (χ4n) is 4.38. The zero-order chi connectivity index (χ0) is 26.0. The van der Waals surface area contributed by atoms with Crippen molar-refractivity contribution in [3.8, 4) is 17.1 Å². The molecule has 1 aliphatic heterocycles. The van der Waals surface area contributed by atoms with Crippen LogP contribution in [-0.4, -0.2) is 76.5 Å². The summed E-state index contributed by atoms with van der Waals surface area (Å²) in [6, 6.07) is 4.98. The fourth-order valence-corrected chi connectivity index (χ4v) is 5.57. The second kappa shape index (κ2) is 10.6. The van der Waals surface area contributed by atoms with Crippen LogP contribution in [0.25, 0.3) is 16.9 Å². The fraction of sp³-hybridized carbons (Fsp3) is 0.542. The number of rotatable bonds is 9. The molecule has 11 nitrogen and oxygen atoms in total. The minimum atomic E-state index is -3.74. The van der Waals surface area contributed by atoms with E-state index in [0.29, 0.717) is 66.8 Å². The predicted octanol–water partition coefficient (Wildman–Crippen LogP) is 2.60. The van der Waals surface area contributed by atoms with Gasteiger partial charge in [-0.3, -0.25) is 9.52 Å². The van der Waals surface area contributed by atoms with E-state index in [4.69, 9.17) is 9.84 Å². The lowest BCUT2D eigenvalue weighted by molar-refractivity contribution is 0.197. The quantitative estimate of drug-likeness (QED) is 0.447. The van der Waals surface area contributed by atoms with Gasteiger partial charge in [0.15, 0.2) is 11.3 Å². The van der Waals surface area contributed by atoms with E-state index in [0.717, 1.165) is 13.0 Å². The van der Waals surface area contributed by atoms with Crippen LogP contribution in [0.5, 0.6) is 5.75 Å². The van der Waals surface area contributed by atoms with E-state index >= 15 is 0 Å². The number of hydrogen-bond acceptors (Lipinski definition) is 7. The summed E-state index contributed by atoms with van der Waals surface area (Å²) in [5, 5.41) is 4.71. The summed E-state index contributed by atoms with van der Waals surface area (Å²) >= 11 is 0. The van der Waals surface area contributed by atoms with Gasteiger partial charge in [0.2, 0.25) is 0 Å². The molecule has 0 spiro atoms. The monoisotopic (exact) mass is 517 g/mol. The van der Waals surface area contributed by atoms with Crippen molar-refractivity contribution in [3.63, 3.8) is 0 Å². The second-order valence-electron chi connectivity index (χ2n) is 9.01. The van der Waals surface area contributed by atoms with Gasteiger partial charge in [-0.2, -0.15) is 12.7 Å². The zero-order valence-corrected chi connectivity index (χ0v) is 22.4. The van der Waals surface area contributed by atoms with Crippen molar-refractivity contribution in [2.45, 2.75) is 47.0 Å². The van der Waals surface area contributed by atoms with Gasteiger partial charge in [-0.15, -0.1) is 5.10 Å². The van der Waals surface area contributed by atoms with Gasteiger partial charge in [-0.05, 0) is 45.0 Å². The van der Waals surface area contributed by atoms with Crippen molar-refractivity contribution < 1.29 is 13.2 Å². The minimum Gasteiger partial charge on any atom is -0.493 e. The first-order valence-electron chi connectivity index (χ1n) is 12.4. The Morgan fingerprint density at radius 1 is 1.17 bits per heavy atom. The van der Waals surface area contributed by atoms with Crippen molar-refractivity contribution in [1.82, 2.24) is 28.8 Å². The number of H-pyrrole nitrogens is 1. The number of imidazole rings is 1. The lowest BCUT2D eigenvalue weighted by Gasteiger charge is -2.33. The lowest BCUT2D eigenvalue weighted by atomic mass is 10.1. The van der Waals surface area contributed by atoms with Crippen molar-refractivity contribution >= 4 is 21.4 Å². The van der Waals surface area contributed by atoms with Crippen molar-refractivity contribution in [2.24, 2.45) is 0 Å². The molecule has 196 valence electrons. The van der Waals surface area contributed by atoms with Crippen LogP contribution in [0.1, 0.15) is 51.6 Å². The lowest BCUT2D eigenvalue weighted by Crippen LogP contribution is -2.50. The third kappa shape index (κ3) is 5.11. The molecule has 1 aromatic carbocycles. The Hall–Kier alpha value is -2.96. The number of anilines is 1. The van der Waals surface area contributed by atoms with Crippen molar-refractivity contribution in [1.29, 1.82) is 0 Å². The standard InChI is InChI=1S/C24H35N7O4S/c1-6-16(4)23-25-17(5)21-24(32)26-22(27-31(21)23)19-15-18(9-10-20(19)35-8-3)28-36(33,34)30-13-11-29(7-2)12-14-30/h9-10,15-16,28H,6-8,11-14H2,1-5H3,(H,26,27,32). The number of likely N-dealkylation sites (N-methyl/N-ethyl adjacent to an activating group) is 1. The highest BCUT2D eigenvalue weighted by molar-refractivity contribution is 7.90. The van der Waals surface area contributed by atoms with Gasteiger partial charge in [0.05, 0.1) is 23.6 Å². The molecule has 2 aromatic heterocycles. The maximum Gasteiger partial charge on any atom is 0.301 e. The molecule has 12 heteroatoms. The van der Waals surface area contributed by atoms with E-state index in [1.54, 1.807) is 29.6 Å². The van der Waals surface area contributed by atoms with E-state index in [9.17, 15) is 13.2 Å².